The molecular formula is C10H9NO2. The summed E-state index contributed by atoms with van der Waals surface area (Å²) in [5, 5.41) is 2.57. The highest BCUT2D eigenvalue weighted by Crippen LogP contribution is 2.04. The third-order valence-corrected chi connectivity index (χ3v) is 1.81. The van der Waals surface area contributed by atoms with Crippen LogP contribution in [0, 0.1) is 0 Å². The maximum Gasteiger partial charge on any atom is 0.357 e. The average molecular weight is 175 g/mol. The van der Waals surface area contributed by atoms with E-state index < -0.39 is 0 Å². The van der Waals surface area contributed by atoms with Crippen LogP contribution >= 0.6 is 0 Å². The van der Waals surface area contributed by atoms with Crippen molar-refractivity contribution in [2.75, 3.05) is 0 Å². The maximum atomic E-state index is 10.7. The van der Waals surface area contributed by atoms with Gasteiger partial charge < -0.3 is 4.52 Å². The van der Waals surface area contributed by atoms with Gasteiger partial charge in [-0.1, -0.05) is 30.3 Å². The SMILES string of the molecule is O=c1cc(Cc2ccccc2)[nH]o1. The Balaban J connectivity index is 2.20. The summed E-state index contributed by atoms with van der Waals surface area (Å²) in [5.74, 6) is 0. The first kappa shape index (κ1) is 7.86. The van der Waals surface area contributed by atoms with E-state index in [1.165, 1.54) is 6.07 Å². The van der Waals surface area contributed by atoms with E-state index in [1.807, 2.05) is 30.3 Å². The Morgan fingerprint density at radius 1 is 1.23 bits per heavy atom. The van der Waals surface area contributed by atoms with Crippen molar-refractivity contribution in [3.05, 3.63) is 58.1 Å². The zero-order chi connectivity index (χ0) is 9.10. The molecule has 0 saturated carbocycles. The zero-order valence-electron chi connectivity index (χ0n) is 6.99. The second-order valence-electron chi connectivity index (χ2n) is 2.86. The van der Waals surface area contributed by atoms with Gasteiger partial charge >= 0.3 is 5.63 Å². The van der Waals surface area contributed by atoms with Gasteiger partial charge in [-0.25, -0.2) is 9.95 Å². The first-order valence-corrected chi connectivity index (χ1v) is 4.06. The van der Waals surface area contributed by atoms with E-state index in [4.69, 9.17) is 0 Å². The lowest BCUT2D eigenvalue weighted by atomic mass is 10.1. The number of aromatic amines is 1. The summed E-state index contributed by atoms with van der Waals surface area (Å²) in [6.07, 6.45) is 0.701. The van der Waals surface area contributed by atoms with Crippen LogP contribution in [0.2, 0.25) is 0 Å². The Morgan fingerprint density at radius 3 is 2.62 bits per heavy atom. The molecule has 0 aliphatic rings. The Hall–Kier alpha value is -1.77. The lowest BCUT2D eigenvalue weighted by Gasteiger charge is -1.95. The van der Waals surface area contributed by atoms with Gasteiger partial charge in [-0.15, -0.1) is 0 Å². The second kappa shape index (κ2) is 3.31. The molecule has 1 N–H and O–H groups in total. The summed E-state index contributed by atoms with van der Waals surface area (Å²) in [4.78, 5) is 10.7. The van der Waals surface area contributed by atoms with E-state index in [0.717, 1.165) is 11.3 Å². The molecule has 0 bridgehead atoms. The highest BCUT2D eigenvalue weighted by molar-refractivity contribution is 5.20. The quantitative estimate of drug-likeness (QED) is 0.752. The van der Waals surface area contributed by atoms with Gasteiger partial charge in [-0.05, 0) is 5.56 Å². The van der Waals surface area contributed by atoms with E-state index in [-0.39, 0.29) is 5.63 Å². The van der Waals surface area contributed by atoms with Crippen LogP contribution in [-0.2, 0) is 6.42 Å². The van der Waals surface area contributed by atoms with Gasteiger partial charge in [-0.3, -0.25) is 0 Å². The van der Waals surface area contributed by atoms with Gasteiger partial charge in [0.2, 0.25) is 0 Å². The predicted molar refractivity (Wildman–Crippen MR) is 48.6 cm³/mol. The van der Waals surface area contributed by atoms with Crippen molar-refractivity contribution < 1.29 is 4.52 Å². The minimum Gasteiger partial charge on any atom is -0.339 e. The first-order chi connectivity index (χ1) is 6.34. The molecule has 2 aromatic rings. The van der Waals surface area contributed by atoms with Gasteiger partial charge in [0.05, 0.1) is 5.69 Å². The molecule has 0 unspecified atom stereocenters. The fourth-order valence-corrected chi connectivity index (χ4v) is 1.22. The van der Waals surface area contributed by atoms with Crippen LogP contribution in [0.3, 0.4) is 0 Å². The van der Waals surface area contributed by atoms with Gasteiger partial charge in [0.15, 0.2) is 0 Å². The standard InChI is InChI=1S/C10H9NO2/c12-10-7-9(11-13-10)6-8-4-2-1-3-5-8/h1-5,7,11H,6H2. The highest BCUT2D eigenvalue weighted by atomic mass is 16.5. The number of hydrogen-bond donors (Lipinski definition) is 1. The van der Waals surface area contributed by atoms with Crippen LogP contribution in [0.1, 0.15) is 11.3 Å². The lowest BCUT2D eigenvalue weighted by Crippen LogP contribution is -1.89. The molecule has 3 nitrogen and oxygen atoms in total. The normalized spacial score (nSPS) is 10.2. The summed E-state index contributed by atoms with van der Waals surface area (Å²) in [5.41, 5.74) is 1.63. The van der Waals surface area contributed by atoms with Crippen LogP contribution < -0.4 is 5.63 Å². The molecule has 3 heteroatoms. The van der Waals surface area contributed by atoms with E-state index in [1.54, 1.807) is 0 Å². The van der Waals surface area contributed by atoms with Crippen molar-refractivity contribution in [1.82, 2.24) is 5.16 Å². The molecule has 1 aromatic carbocycles. The van der Waals surface area contributed by atoms with Crippen molar-refractivity contribution in [2.24, 2.45) is 0 Å². The van der Waals surface area contributed by atoms with Crippen LogP contribution in [0.5, 0.6) is 0 Å². The van der Waals surface area contributed by atoms with Crippen molar-refractivity contribution >= 4 is 0 Å². The molecule has 0 radical (unpaired) electrons. The minimum atomic E-state index is -0.328. The molecule has 0 aliphatic carbocycles. The zero-order valence-corrected chi connectivity index (χ0v) is 6.99. The van der Waals surface area contributed by atoms with Crippen molar-refractivity contribution in [2.45, 2.75) is 6.42 Å². The summed E-state index contributed by atoms with van der Waals surface area (Å²) in [7, 11) is 0. The van der Waals surface area contributed by atoms with Crippen LogP contribution in [0.25, 0.3) is 0 Å². The fraction of sp³-hybridized carbons (Fsp3) is 0.100. The summed E-state index contributed by atoms with van der Waals surface area (Å²) < 4.78 is 4.56. The van der Waals surface area contributed by atoms with E-state index in [9.17, 15) is 4.79 Å². The largest absolute Gasteiger partial charge is 0.357 e. The molecule has 13 heavy (non-hydrogen) atoms. The minimum absolute atomic E-state index is 0.328. The Bertz CT molecular complexity index is 427. The van der Waals surface area contributed by atoms with Crippen LogP contribution in [-0.4, -0.2) is 5.16 Å². The van der Waals surface area contributed by atoms with Crippen LogP contribution in [0.4, 0.5) is 0 Å². The van der Waals surface area contributed by atoms with Crippen LogP contribution in [0.15, 0.2) is 45.7 Å². The summed E-state index contributed by atoms with van der Waals surface area (Å²) in [6.45, 7) is 0. The number of hydrogen-bond acceptors (Lipinski definition) is 2. The number of benzene rings is 1. The lowest BCUT2D eigenvalue weighted by molar-refractivity contribution is 0.386. The number of aromatic nitrogens is 1. The molecule has 1 heterocycles. The molecule has 0 aliphatic heterocycles. The van der Waals surface area contributed by atoms with Crippen molar-refractivity contribution in [3.8, 4) is 0 Å². The third kappa shape index (κ3) is 1.87. The molecule has 0 fully saturated rings. The second-order valence-corrected chi connectivity index (χ2v) is 2.86. The molecule has 66 valence electrons. The Morgan fingerprint density at radius 2 is 2.00 bits per heavy atom. The third-order valence-electron chi connectivity index (χ3n) is 1.81. The maximum absolute atomic E-state index is 10.7. The number of nitrogens with one attached hydrogen (secondary N) is 1. The first-order valence-electron chi connectivity index (χ1n) is 4.06. The fourth-order valence-electron chi connectivity index (χ4n) is 1.22. The highest BCUT2D eigenvalue weighted by Gasteiger charge is 1.98. The van der Waals surface area contributed by atoms with Gasteiger partial charge in [0.1, 0.15) is 0 Å². The average Bonchev–Trinajstić information content (AvgIpc) is 2.53. The molecule has 0 spiro atoms. The smallest absolute Gasteiger partial charge is 0.339 e. The molecule has 0 saturated heterocycles. The molecule has 0 amide bonds. The molecule has 1 aromatic heterocycles. The topological polar surface area (TPSA) is 46.0 Å². The number of H-pyrrole nitrogens is 1. The molecule has 0 atom stereocenters. The van der Waals surface area contributed by atoms with E-state index in [2.05, 4.69) is 9.68 Å². The van der Waals surface area contributed by atoms with Gasteiger partial charge in [0.25, 0.3) is 0 Å². The summed E-state index contributed by atoms with van der Waals surface area (Å²) >= 11 is 0. The van der Waals surface area contributed by atoms with Gasteiger partial charge in [-0.2, -0.15) is 0 Å². The van der Waals surface area contributed by atoms with E-state index >= 15 is 0 Å². The summed E-state index contributed by atoms with van der Waals surface area (Å²) in [6, 6.07) is 11.4. The number of rotatable bonds is 2. The monoisotopic (exact) mass is 175 g/mol. The molecular weight excluding hydrogens is 166 g/mol. The predicted octanol–water partition coefficient (Wildman–Crippen LogP) is 1.56. The molecule has 2 rings (SSSR count). The van der Waals surface area contributed by atoms with Gasteiger partial charge in [0, 0.05) is 12.5 Å². The van der Waals surface area contributed by atoms with Crippen molar-refractivity contribution in [1.29, 1.82) is 0 Å². The Labute approximate surface area is 75.0 Å². The Kier molecular flexibility index (Phi) is 2.00. The van der Waals surface area contributed by atoms with E-state index in [0.29, 0.717) is 6.42 Å². The van der Waals surface area contributed by atoms with Crippen molar-refractivity contribution in [3.63, 3.8) is 0 Å².